The van der Waals surface area contributed by atoms with E-state index in [4.69, 9.17) is 11.1 Å². The minimum Gasteiger partial charge on any atom is -1.00 e. The van der Waals surface area contributed by atoms with Gasteiger partial charge in [0.15, 0.2) is 23.1 Å². The molecule has 0 spiro atoms. The summed E-state index contributed by atoms with van der Waals surface area (Å²) < 4.78 is 12.8. The van der Waals surface area contributed by atoms with Crippen molar-refractivity contribution in [3.8, 4) is 0 Å². The number of nitrogens with two attached hydrogens (primary N) is 1. The van der Waals surface area contributed by atoms with Gasteiger partial charge in [0, 0.05) is 0 Å². The molecule has 0 saturated carbocycles. The zero-order valence-corrected chi connectivity index (χ0v) is 9.31. The molecule has 0 saturated heterocycles. The van der Waals surface area contributed by atoms with Crippen LogP contribution in [0.15, 0.2) is 29.4 Å². The molecule has 4 nitrogen and oxygen atoms in total. The van der Waals surface area contributed by atoms with Gasteiger partial charge in [-0.25, -0.2) is 0 Å². The van der Waals surface area contributed by atoms with Crippen molar-refractivity contribution in [2.24, 2.45) is 5.73 Å². The van der Waals surface area contributed by atoms with Gasteiger partial charge < -0.3 is 22.7 Å². The predicted octanol–water partition coefficient (Wildman–Crippen LogP) is -3.35. The van der Waals surface area contributed by atoms with Crippen molar-refractivity contribution in [2.45, 2.75) is 11.4 Å². The molecule has 0 aliphatic rings. The Hall–Kier alpha value is -0.780. The van der Waals surface area contributed by atoms with E-state index in [9.17, 15) is 4.55 Å². The third-order valence-corrected chi connectivity index (χ3v) is 2.48. The van der Waals surface area contributed by atoms with Gasteiger partial charge in [0.05, 0.1) is 12.1 Å². The largest absolute Gasteiger partial charge is 1.00 e. The Morgan fingerprint density at radius 2 is 2.07 bits per heavy atom. The highest BCUT2D eigenvalue weighted by molar-refractivity contribution is 7.90. The second-order valence-corrected chi connectivity index (χ2v) is 4.07. The summed E-state index contributed by atoms with van der Waals surface area (Å²) in [6, 6.07) is 3.53. The molecule has 14 heavy (non-hydrogen) atoms. The number of rotatable bonds is 3. The Kier molecular flexibility index (Phi) is 5.52. The van der Waals surface area contributed by atoms with Crippen LogP contribution in [0.4, 0.5) is 0 Å². The van der Waals surface area contributed by atoms with Crippen LogP contribution in [0.3, 0.4) is 0 Å². The molecule has 78 valence electrons. The maximum Gasteiger partial charge on any atom is 0.204 e. The molecule has 1 aromatic rings. The van der Waals surface area contributed by atoms with E-state index in [-0.39, 0.29) is 18.2 Å². The molecule has 1 atom stereocenters. The van der Waals surface area contributed by atoms with Gasteiger partial charge in [-0.1, -0.05) is 0 Å². The molecule has 0 aliphatic carbocycles. The van der Waals surface area contributed by atoms with E-state index in [2.05, 4.69) is 0 Å². The Morgan fingerprint density at radius 3 is 2.43 bits per heavy atom. The lowest BCUT2D eigenvalue weighted by atomic mass is 10.4. The summed E-state index contributed by atoms with van der Waals surface area (Å²) >= 11 is -0.948. The van der Waals surface area contributed by atoms with Crippen LogP contribution < -0.4 is 22.7 Å². The monoisotopic (exact) mass is 233 g/mol. The molecule has 0 radical (unpaired) electrons. The Balaban J connectivity index is 0.00000169. The van der Waals surface area contributed by atoms with Gasteiger partial charge in [-0.05, 0) is 11.2 Å². The summed E-state index contributed by atoms with van der Waals surface area (Å²) in [5.41, 5.74) is 5.22. The van der Waals surface area contributed by atoms with E-state index in [1.807, 2.05) is 0 Å². The van der Waals surface area contributed by atoms with E-state index < -0.39 is 11.2 Å². The van der Waals surface area contributed by atoms with Crippen LogP contribution in [0.5, 0.6) is 0 Å². The van der Waals surface area contributed by atoms with Gasteiger partial charge in [0.1, 0.15) is 6.26 Å². The summed E-state index contributed by atoms with van der Waals surface area (Å²) in [7, 11) is 0. The van der Waals surface area contributed by atoms with E-state index in [0.717, 1.165) is 4.90 Å². The minimum atomic E-state index is -0.948. The average molecular weight is 234 g/mol. The summed E-state index contributed by atoms with van der Waals surface area (Å²) in [5.74, 6) is 0.107. The van der Waals surface area contributed by atoms with Crippen molar-refractivity contribution in [3.05, 3.63) is 24.5 Å². The number of hydrogen-bond donors (Lipinski definition) is 2. The molecular formula is C8H12ClN3OS. The SMILES string of the molecule is C[S+]([O-])c1cc[n+](CC(=N)N)cc1.[Cl-]. The Bertz CT molecular complexity index is 302. The first kappa shape index (κ1) is 13.2. The van der Waals surface area contributed by atoms with Crippen LogP contribution in [0.2, 0.25) is 0 Å². The van der Waals surface area contributed by atoms with Gasteiger partial charge in [-0.3, -0.25) is 5.41 Å². The number of aromatic nitrogens is 1. The number of amidine groups is 1. The standard InChI is InChI=1S/C8H12N3OS.ClH/c1-13(12)7-2-4-11(5-3-7)6-8(9)10;/h2-5H,6H2,1H3,(H3,9,10);1H/q+1;/p-1. The lowest BCUT2D eigenvalue weighted by Crippen LogP contribution is -3.00. The second-order valence-electron chi connectivity index (χ2n) is 2.69. The molecule has 1 rings (SSSR count). The maximum absolute atomic E-state index is 11.0. The van der Waals surface area contributed by atoms with E-state index >= 15 is 0 Å². The zero-order chi connectivity index (χ0) is 9.84. The third-order valence-electron chi connectivity index (χ3n) is 1.55. The van der Waals surface area contributed by atoms with Gasteiger partial charge in [0.25, 0.3) is 0 Å². The first-order valence-electron chi connectivity index (χ1n) is 3.75. The van der Waals surface area contributed by atoms with Crippen LogP contribution in [0.1, 0.15) is 0 Å². The number of pyridine rings is 1. The second kappa shape index (κ2) is 5.85. The minimum absolute atomic E-state index is 0. The molecule has 1 unspecified atom stereocenters. The van der Waals surface area contributed by atoms with E-state index in [0.29, 0.717) is 6.54 Å². The maximum atomic E-state index is 11.0. The fourth-order valence-corrected chi connectivity index (χ4v) is 1.44. The first-order chi connectivity index (χ1) is 6.09. The Labute approximate surface area is 92.2 Å². The molecule has 3 N–H and O–H groups in total. The molecule has 0 fully saturated rings. The van der Waals surface area contributed by atoms with Crippen LogP contribution in [-0.2, 0) is 17.7 Å². The lowest BCUT2D eigenvalue weighted by Gasteiger charge is -2.01. The molecule has 0 bridgehead atoms. The third kappa shape index (κ3) is 3.95. The molecule has 1 heterocycles. The highest BCUT2D eigenvalue weighted by atomic mass is 35.5. The topological polar surface area (TPSA) is 76.8 Å². The molecular weight excluding hydrogens is 222 g/mol. The van der Waals surface area contributed by atoms with Crippen molar-refractivity contribution in [1.82, 2.24) is 0 Å². The van der Waals surface area contributed by atoms with Gasteiger partial charge in [0.2, 0.25) is 6.54 Å². The van der Waals surface area contributed by atoms with Crippen molar-refractivity contribution >= 4 is 17.0 Å². The van der Waals surface area contributed by atoms with Gasteiger partial charge in [-0.15, -0.1) is 0 Å². The summed E-state index contributed by atoms with van der Waals surface area (Å²) in [5, 5.41) is 7.07. The quantitative estimate of drug-likeness (QED) is 0.248. The van der Waals surface area contributed by atoms with Crippen molar-refractivity contribution in [1.29, 1.82) is 5.41 Å². The van der Waals surface area contributed by atoms with E-state index in [1.54, 1.807) is 35.3 Å². The smallest absolute Gasteiger partial charge is 0.204 e. The molecule has 0 amide bonds. The number of hydrogen-bond acceptors (Lipinski definition) is 2. The van der Waals surface area contributed by atoms with E-state index in [1.165, 1.54) is 0 Å². The van der Waals surface area contributed by atoms with Crippen molar-refractivity contribution in [2.75, 3.05) is 6.26 Å². The summed E-state index contributed by atoms with van der Waals surface area (Å²) in [6.07, 6.45) is 5.15. The molecule has 0 aromatic carbocycles. The molecule has 1 aromatic heterocycles. The first-order valence-corrected chi connectivity index (χ1v) is 5.31. The molecule has 6 heteroatoms. The van der Waals surface area contributed by atoms with Gasteiger partial charge >= 0.3 is 0 Å². The highest BCUT2D eigenvalue weighted by Crippen LogP contribution is 2.03. The van der Waals surface area contributed by atoms with Crippen LogP contribution >= 0.6 is 0 Å². The van der Waals surface area contributed by atoms with Gasteiger partial charge in [-0.2, -0.15) is 4.57 Å². The predicted molar refractivity (Wildman–Crippen MR) is 50.9 cm³/mol. The fourth-order valence-electron chi connectivity index (χ4n) is 0.937. The van der Waals surface area contributed by atoms with Crippen molar-refractivity contribution in [3.63, 3.8) is 0 Å². The molecule has 0 aliphatic heterocycles. The summed E-state index contributed by atoms with van der Waals surface area (Å²) in [4.78, 5) is 0.778. The van der Waals surface area contributed by atoms with Crippen LogP contribution in [-0.4, -0.2) is 16.6 Å². The fraction of sp³-hybridized carbons (Fsp3) is 0.250. The number of nitrogens with zero attached hydrogens (tertiary/aromatic N) is 1. The van der Waals surface area contributed by atoms with Crippen LogP contribution in [0.25, 0.3) is 0 Å². The zero-order valence-electron chi connectivity index (χ0n) is 7.74. The van der Waals surface area contributed by atoms with Crippen LogP contribution in [0, 0.1) is 5.41 Å². The lowest BCUT2D eigenvalue weighted by molar-refractivity contribution is -0.682. The Morgan fingerprint density at radius 1 is 1.57 bits per heavy atom. The number of nitrogens with one attached hydrogen (secondary N) is 1. The average Bonchev–Trinajstić information content (AvgIpc) is 2.04. The number of halogens is 1. The normalized spacial score (nSPS) is 11.6. The van der Waals surface area contributed by atoms with Crippen molar-refractivity contribution < 1.29 is 21.5 Å². The summed E-state index contributed by atoms with van der Waals surface area (Å²) in [6.45, 7) is 0.372. The highest BCUT2D eigenvalue weighted by Gasteiger charge is 2.07.